The monoisotopic (exact) mass is 221 g/mol. The Morgan fingerprint density at radius 2 is 1.94 bits per heavy atom. The summed E-state index contributed by atoms with van der Waals surface area (Å²) >= 11 is 0. The van der Waals surface area contributed by atoms with E-state index in [1.807, 2.05) is 45.0 Å². The number of aryl methyl sites for hydroxylation is 1. The van der Waals surface area contributed by atoms with Crippen molar-refractivity contribution in [1.29, 1.82) is 0 Å². The molecule has 2 atom stereocenters. The van der Waals surface area contributed by atoms with Gasteiger partial charge in [-0.05, 0) is 25.8 Å². The van der Waals surface area contributed by atoms with E-state index in [-0.39, 0.29) is 6.04 Å². The standard InChI is InChI=1S/C13H19NO2/c1-4-12(13(15)16)14-10(3)11-7-5-9(2)6-8-11/h5-8,10,12,14H,4H2,1-3H3,(H,15,16)/t10-,12?/m1/s1. The normalized spacial score (nSPS) is 14.4. The highest BCUT2D eigenvalue weighted by molar-refractivity contribution is 5.73. The van der Waals surface area contributed by atoms with Gasteiger partial charge in [-0.1, -0.05) is 36.8 Å². The van der Waals surface area contributed by atoms with Gasteiger partial charge in [0.25, 0.3) is 0 Å². The van der Waals surface area contributed by atoms with Gasteiger partial charge in [0.05, 0.1) is 0 Å². The fourth-order valence-electron chi connectivity index (χ4n) is 1.62. The lowest BCUT2D eigenvalue weighted by molar-refractivity contribution is -0.139. The van der Waals surface area contributed by atoms with Crippen LogP contribution in [-0.4, -0.2) is 17.1 Å². The zero-order valence-corrected chi connectivity index (χ0v) is 10.0. The second-order valence-corrected chi connectivity index (χ2v) is 4.10. The van der Waals surface area contributed by atoms with Crippen LogP contribution in [-0.2, 0) is 4.79 Å². The summed E-state index contributed by atoms with van der Waals surface area (Å²) in [5.41, 5.74) is 2.33. The highest BCUT2D eigenvalue weighted by Crippen LogP contribution is 2.14. The summed E-state index contributed by atoms with van der Waals surface area (Å²) in [6, 6.07) is 7.71. The van der Waals surface area contributed by atoms with Crippen molar-refractivity contribution in [3.63, 3.8) is 0 Å². The average molecular weight is 221 g/mol. The van der Waals surface area contributed by atoms with Crippen LogP contribution in [0, 0.1) is 6.92 Å². The van der Waals surface area contributed by atoms with Gasteiger partial charge >= 0.3 is 5.97 Å². The quantitative estimate of drug-likeness (QED) is 0.803. The Hall–Kier alpha value is -1.35. The summed E-state index contributed by atoms with van der Waals surface area (Å²) in [4.78, 5) is 10.9. The average Bonchev–Trinajstić information content (AvgIpc) is 2.26. The van der Waals surface area contributed by atoms with Crippen LogP contribution in [0.25, 0.3) is 0 Å². The molecule has 0 saturated heterocycles. The molecule has 0 fully saturated rings. The van der Waals surface area contributed by atoms with Gasteiger partial charge in [0.15, 0.2) is 0 Å². The summed E-state index contributed by atoms with van der Waals surface area (Å²) in [6.07, 6.45) is 0.589. The second-order valence-electron chi connectivity index (χ2n) is 4.10. The first-order valence-corrected chi connectivity index (χ1v) is 5.60. The van der Waals surface area contributed by atoms with Gasteiger partial charge in [-0.2, -0.15) is 0 Å². The van der Waals surface area contributed by atoms with Crippen LogP contribution >= 0.6 is 0 Å². The van der Waals surface area contributed by atoms with E-state index < -0.39 is 12.0 Å². The Labute approximate surface area is 96.5 Å². The number of carbonyl (C=O) groups is 1. The summed E-state index contributed by atoms with van der Waals surface area (Å²) < 4.78 is 0. The lowest BCUT2D eigenvalue weighted by Gasteiger charge is -2.19. The molecular weight excluding hydrogens is 202 g/mol. The molecule has 1 rings (SSSR count). The maximum absolute atomic E-state index is 10.9. The predicted octanol–water partition coefficient (Wildman–Crippen LogP) is 2.51. The molecule has 0 aromatic heterocycles. The lowest BCUT2D eigenvalue weighted by Crippen LogP contribution is -2.37. The second kappa shape index (κ2) is 5.66. The Morgan fingerprint density at radius 3 is 2.38 bits per heavy atom. The molecule has 1 unspecified atom stereocenters. The summed E-state index contributed by atoms with van der Waals surface area (Å²) in [5, 5.41) is 12.1. The van der Waals surface area contributed by atoms with Crippen molar-refractivity contribution in [1.82, 2.24) is 5.32 Å². The van der Waals surface area contributed by atoms with Crippen LogP contribution in [0.5, 0.6) is 0 Å². The fourth-order valence-corrected chi connectivity index (χ4v) is 1.62. The molecule has 3 heteroatoms. The smallest absolute Gasteiger partial charge is 0.320 e. The third kappa shape index (κ3) is 3.35. The third-order valence-corrected chi connectivity index (χ3v) is 2.73. The van der Waals surface area contributed by atoms with Gasteiger partial charge in [-0.15, -0.1) is 0 Å². The Kier molecular flexibility index (Phi) is 4.50. The van der Waals surface area contributed by atoms with Gasteiger partial charge in [-0.25, -0.2) is 0 Å². The largest absolute Gasteiger partial charge is 0.480 e. The first kappa shape index (κ1) is 12.7. The van der Waals surface area contributed by atoms with E-state index in [0.717, 1.165) is 5.56 Å². The molecule has 0 radical (unpaired) electrons. The number of hydrogen-bond donors (Lipinski definition) is 2. The fraction of sp³-hybridized carbons (Fsp3) is 0.462. The van der Waals surface area contributed by atoms with Gasteiger partial charge in [-0.3, -0.25) is 10.1 Å². The van der Waals surface area contributed by atoms with Crippen LogP contribution in [0.3, 0.4) is 0 Å². The molecule has 0 aliphatic heterocycles. The van der Waals surface area contributed by atoms with E-state index in [4.69, 9.17) is 5.11 Å². The number of aliphatic carboxylic acids is 1. The Bertz CT molecular complexity index is 345. The van der Waals surface area contributed by atoms with Gasteiger partial charge in [0, 0.05) is 6.04 Å². The molecule has 1 aromatic carbocycles. The van der Waals surface area contributed by atoms with E-state index >= 15 is 0 Å². The molecule has 16 heavy (non-hydrogen) atoms. The van der Waals surface area contributed by atoms with E-state index in [9.17, 15) is 4.79 Å². The molecule has 0 bridgehead atoms. The van der Waals surface area contributed by atoms with Gasteiger partial charge in [0.1, 0.15) is 6.04 Å². The minimum absolute atomic E-state index is 0.0571. The molecular formula is C13H19NO2. The number of benzene rings is 1. The molecule has 1 aromatic rings. The zero-order chi connectivity index (χ0) is 12.1. The molecule has 0 aliphatic rings. The lowest BCUT2D eigenvalue weighted by atomic mass is 10.1. The number of hydrogen-bond acceptors (Lipinski definition) is 2. The molecule has 88 valence electrons. The van der Waals surface area contributed by atoms with Gasteiger partial charge in [0.2, 0.25) is 0 Å². The minimum Gasteiger partial charge on any atom is -0.480 e. The van der Waals surface area contributed by atoms with Crippen LogP contribution in [0.1, 0.15) is 37.4 Å². The van der Waals surface area contributed by atoms with Crippen molar-refractivity contribution in [3.8, 4) is 0 Å². The highest BCUT2D eigenvalue weighted by atomic mass is 16.4. The van der Waals surface area contributed by atoms with E-state index in [1.165, 1.54) is 5.56 Å². The van der Waals surface area contributed by atoms with E-state index in [2.05, 4.69) is 5.32 Å². The van der Waals surface area contributed by atoms with Crippen molar-refractivity contribution < 1.29 is 9.90 Å². The third-order valence-electron chi connectivity index (χ3n) is 2.73. The summed E-state index contributed by atoms with van der Waals surface area (Å²) in [5.74, 6) is -0.790. The number of carboxylic acid groups (broad SMARTS) is 1. The number of carboxylic acids is 1. The highest BCUT2D eigenvalue weighted by Gasteiger charge is 2.17. The van der Waals surface area contributed by atoms with E-state index in [0.29, 0.717) is 6.42 Å². The van der Waals surface area contributed by atoms with Crippen molar-refractivity contribution in [2.75, 3.05) is 0 Å². The predicted molar refractivity (Wildman–Crippen MR) is 64.4 cm³/mol. The number of rotatable bonds is 5. The van der Waals surface area contributed by atoms with Crippen molar-refractivity contribution in [2.24, 2.45) is 0 Å². The SMILES string of the molecule is CCC(N[C@H](C)c1ccc(C)cc1)C(=O)O. The molecule has 0 heterocycles. The summed E-state index contributed by atoms with van der Waals surface area (Å²) in [6.45, 7) is 5.89. The maximum atomic E-state index is 10.9. The van der Waals surface area contributed by atoms with Crippen molar-refractivity contribution >= 4 is 5.97 Å². The first-order valence-electron chi connectivity index (χ1n) is 5.60. The Balaban J connectivity index is 2.67. The van der Waals surface area contributed by atoms with Crippen LogP contribution in [0.15, 0.2) is 24.3 Å². The molecule has 3 nitrogen and oxygen atoms in total. The summed E-state index contributed by atoms with van der Waals surface area (Å²) in [7, 11) is 0. The first-order chi connectivity index (χ1) is 7.54. The van der Waals surface area contributed by atoms with E-state index in [1.54, 1.807) is 0 Å². The topological polar surface area (TPSA) is 49.3 Å². The molecule has 0 saturated carbocycles. The number of nitrogens with one attached hydrogen (secondary N) is 1. The zero-order valence-electron chi connectivity index (χ0n) is 10.0. The maximum Gasteiger partial charge on any atom is 0.320 e. The van der Waals surface area contributed by atoms with Crippen molar-refractivity contribution in [2.45, 2.75) is 39.3 Å². The molecule has 0 amide bonds. The molecule has 0 aliphatic carbocycles. The molecule has 2 N–H and O–H groups in total. The minimum atomic E-state index is -0.790. The van der Waals surface area contributed by atoms with Crippen LogP contribution in [0.4, 0.5) is 0 Å². The van der Waals surface area contributed by atoms with Crippen LogP contribution < -0.4 is 5.32 Å². The van der Waals surface area contributed by atoms with Gasteiger partial charge < -0.3 is 5.11 Å². The molecule has 0 spiro atoms. The Morgan fingerprint density at radius 1 is 1.38 bits per heavy atom. The van der Waals surface area contributed by atoms with Crippen LogP contribution in [0.2, 0.25) is 0 Å². The van der Waals surface area contributed by atoms with Crippen molar-refractivity contribution in [3.05, 3.63) is 35.4 Å².